The van der Waals surface area contributed by atoms with Crippen LogP contribution in [0.5, 0.6) is 5.75 Å². The second kappa shape index (κ2) is 22.4. The fraction of sp³-hybridized carbons (Fsp3) is 0.471. The molecule has 0 saturated heterocycles. The van der Waals surface area contributed by atoms with Gasteiger partial charge in [-0.25, -0.2) is 14.6 Å². The van der Waals surface area contributed by atoms with Crippen molar-refractivity contribution in [2.24, 2.45) is 12.2 Å². The van der Waals surface area contributed by atoms with Gasteiger partial charge in [-0.05, 0) is 89.4 Å². The number of amides is 1. The Morgan fingerprint density at radius 2 is 1.31 bits per heavy atom. The maximum atomic E-state index is 12.6. The standard InChI is InChI=1S/C51H66N4O7/c1-9-10-11-12-13-14-15-16-17-18-33-52-44(56)32-21-36-19-22-38(23-20-36)46-47(39-28-30-41(31-29-39)59-35-45(57)60-50(2,3)4)55(8)48(53-46)40-26-24-37(25-27-40)42-34-43(62-54-42)49(58)61-51(5,6)7/h19-32,43H,9-18,33-35H2,1-8H3,(H,52,56). The molecule has 3 aromatic carbocycles. The number of unbranched alkanes of at least 4 members (excludes halogenated alkanes) is 9. The van der Waals surface area contributed by atoms with Gasteiger partial charge in [-0.15, -0.1) is 0 Å². The molecule has 0 saturated carbocycles. The Bertz CT molecular complexity index is 2140. The average Bonchev–Trinajstić information content (AvgIpc) is 3.86. The number of esters is 2. The lowest BCUT2D eigenvalue weighted by Gasteiger charge is -2.20. The lowest BCUT2D eigenvalue weighted by atomic mass is 10.0. The van der Waals surface area contributed by atoms with Gasteiger partial charge in [-0.1, -0.05) is 118 Å². The third-order valence-electron chi connectivity index (χ3n) is 10.3. The van der Waals surface area contributed by atoms with Crippen molar-refractivity contribution in [1.82, 2.24) is 14.9 Å². The van der Waals surface area contributed by atoms with Crippen LogP contribution in [0.25, 0.3) is 40.0 Å². The molecule has 11 heteroatoms. The number of ether oxygens (including phenoxy) is 3. The van der Waals surface area contributed by atoms with E-state index in [4.69, 9.17) is 24.0 Å². The molecular weight excluding hydrogens is 781 g/mol. The molecule has 0 radical (unpaired) electrons. The van der Waals surface area contributed by atoms with Crippen LogP contribution >= 0.6 is 0 Å². The number of hydrogen-bond donors (Lipinski definition) is 1. The van der Waals surface area contributed by atoms with Gasteiger partial charge < -0.3 is 28.9 Å². The van der Waals surface area contributed by atoms with Crippen LogP contribution < -0.4 is 10.1 Å². The molecule has 11 nitrogen and oxygen atoms in total. The lowest BCUT2D eigenvalue weighted by Crippen LogP contribution is -2.32. The molecular formula is C51H66N4O7. The molecule has 332 valence electrons. The van der Waals surface area contributed by atoms with Crippen LogP contribution in [-0.4, -0.2) is 63.6 Å². The number of carbonyl (C=O) groups excluding carboxylic acids is 3. The number of nitrogens with one attached hydrogen (secondary N) is 1. The largest absolute Gasteiger partial charge is 0.482 e. The van der Waals surface area contributed by atoms with E-state index in [0.717, 1.165) is 57.9 Å². The summed E-state index contributed by atoms with van der Waals surface area (Å²) < 4.78 is 18.7. The lowest BCUT2D eigenvalue weighted by molar-refractivity contribution is -0.167. The number of oxime groups is 1. The minimum absolute atomic E-state index is 0.0958. The Kier molecular flexibility index (Phi) is 17.1. The Labute approximate surface area is 368 Å². The molecule has 1 aromatic heterocycles. The molecule has 1 aliphatic rings. The van der Waals surface area contributed by atoms with E-state index in [1.165, 1.54) is 51.4 Å². The maximum Gasteiger partial charge on any atom is 0.351 e. The molecule has 1 aliphatic heterocycles. The van der Waals surface area contributed by atoms with Gasteiger partial charge in [-0.3, -0.25) is 4.79 Å². The molecule has 0 bridgehead atoms. The summed E-state index contributed by atoms with van der Waals surface area (Å²) >= 11 is 0. The first kappa shape index (κ1) is 47.3. The Balaban J connectivity index is 1.28. The first-order chi connectivity index (χ1) is 29.6. The summed E-state index contributed by atoms with van der Waals surface area (Å²) in [7, 11) is 1.98. The number of hydrogen-bond acceptors (Lipinski definition) is 9. The summed E-state index contributed by atoms with van der Waals surface area (Å²) in [6, 6.07) is 23.4. The predicted molar refractivity (Wildman–Crippen MR) is 247 cm³/mol. The van der Waals surface area contributed by atoms with Crippen LogP contribution in [0, 0.1) is 0 Å². The summed E-state index contributed by atoms with van der Waals surface area (Å²) in [5.41, 5.74) is 5.52. The smallest absolute Gasteiger partial charge is 0.351 e. The highest BCUT2D eigenvalue weighted by molar-refractivity contribution is 6.03. The van der Waals surface area contributed by atoms with E-state index in [9.17, 15) is 14.4 Å². The van der Waals surface area contributed by atoms with Gasteiger partial charge in [0.05, 0.1) is 17.1 Å². The van der Waals surface area contributed by atoms with Crippen molar-refractivity contribution < 1.29 is 33.4 Å². The van der Waals surface area contributed by atoms with E-state index in [1.807, 2.05) is 127 Å². The normalized spacial score (nSPS) is 14.1. The van der Waals surface area contributed by atoms with Crippen LogP contribution in [0.2, 0.25) is 0 Å². The van der Waals surface area contributed by atoms with Gasteiger partial charge in [-0.2, -0.15) is 0 Å². The van der Waals surface area contributed by atoms with Crippen molar-refractivity contribution >= 4 is 29.6 Å². The van der Waals surface area contributed by atoms with Crippen molar-refractivity contribution in [3.63, 3.8) is 0 Å². The van der Waals surface area contributed by atoms with Crippen molar-refractivity contribution in [3.05, 3.63) is 90.0 Å². The second-order valence-corrected chi connectivity index (χ2v) is 18.0. The Morgan fingerprint density at radius 1 is 0.742 bits per heavy atom. The summed E-state index contributed by atoms with van der Waals surface area (Å²) in [4.78, 5) is 48.1. The van der Waals surface area contributed by atoms with Crippen LogP contribution in [0.1, 0.15) is 130 Å². The number of rotatable bonds is 21. The molecule has 2 heterocycles. The summed E-state index contributed by atoms with van der Waals surface area (Å²) in [5.74, 6) is 0.306. The van der Waals surface area contributed by atoms with E-state index in [-0.39, 0.29) is 12.5 Å². The van der Waals surface area contributed by atoms with Gasteiger partial charge in [0.25, 0.3) is 0 Å². The SMILES string of the molecule is CCCCCCCCCCCCNC(=O)C=Cc1ccc(-c2nc(-c3ccc(C4=NOC(C(=O)OC(C)(C)C)C4)cc3)n(C)c2-c2ccc(OCC(=O)OC(C)(C)C)cc2)cc1. The zero-order chi connectivity index (χ0) is 44.7. The van der Waals surface area contributed by atoms with Crippen molar-refractivity contribution in [1.29, 1.82) is 0 Å². The molecule has 4 aromatic rings. The fourth-order valence-corrected chi connectivity index (χ4v) is 7.17. The quantitative estimate of drug-likeness (QED) is 0.0498. The molecule has 1 N–H and O–H groups in total. The first-order valence-corrected chi connectivity index (χ1v) is 22.2. The van der Waals surface area contributed by atoms with Gasteiger partial charge in [0, 0.05) is 42.8 Å². The minimum Gasteiger partial charge on any atom is -0.482 e. The molecule has 1 atom stereocenters. The fourth-order valence-electron chi connectivity index (χ4n) is 7.17. The first-order valence-electron chi connectivity index (χ1n) is 22.2. The number of carbonyl (C=O) groups is 3. The van der Waals surface area contributed by atoms with Crippen molar-refractivity contribution in [2.75, 3.05) is 13.2 Å². The molecule has 1 amide bonds. The van der Waals surface area contributed by atoms with Gasteiger partial charge in [0.15, 0.2) is 6.61 Å². The summed E-state index contributed by atoms with van der Waals surface area (Å²) in [5, 5.41) is 7.22. The monoisotopic (exact) mass is 846 g/mol. The summed E-state index contributed by atoms with van der Waals surface area (Å²) in [6.07, 6.45) is 15.6. The topological polar surface area (TPSA) is 130 Å². The van der Waals surface area contributed by atoms with Crippen LogP contribution in [0.15, 0.2) is 84.0 Å². The van der Waals surface area contributed by atoms with Gasteiger partial charge in [0.2, 0.25) is 12.0 Å². The highest BCUT2D eigenvalue weighted by Gasteiger charge is 2.33. The number of nitrogens with zero attached hydrogens (tertiary/aromatic N) is 3. The zero-order valence-corrected chi connectivity index (χ0v) is 38.1. The van der Waals surface area contributed by atoms with E-state index >= 15 is 0 Å². The van der Waals surface area contributed by atoms with Crippen molar-refractivity contribution in [2.45, 2.75) is 136 Å². The minimum atomic E-state index is -0.782. The van der Waals surface area contributed by atoms with Gasteiger partial charge >= 0.3 is 11.9 Å². The van der Waals surface area contributed by atoms with Crippen LogP contribution in [0.3, 0.4) is 0 Å². The van der Waals surface area contributed by atoms with Crippen molar-refractivity contribution in [3.8, 4) is 39.7 Å². The van der Waals surface area contributed by atoms with E-state index < -0.39 is 29.2 Å². The third-order valence-corrected chi connectivity index (χ3v) is 10.3. The van der Waals surface area contributed by atoms with E-state index in [1.54, 1.807) is 6.08 Å². The van der Waals surface area contributed by atoms with Crippen LogP contribution in [0.4, 0.5) is 0 Å². The van der Waals surface area contributed by atoms with E-state index in [2.05, 4.69) is 22.0 Å². The number of imidazole rings is 1. The predicted octanol–water partition coefficient (Wildman–Crippen LogP) is 11.0. The summed E-state index contributed by atoms with van der Waals surface area (Å²) in [6.45, 7) is 13.7. The average molecular weight is 847 g/mol. The number of benzene rings is 3. The zero-order valence-electron chi connectivity index (χ0n) is 38.1. The molecule has 5 rings (SSSR count). The molecule has 0 aliphatic carbocycles. The molecule has 1 unspecified atom stereocenters. The highest BCUT2D eigenvalue weighted by atomic mass is 16.7. The van der Waals surface area contributed by atoms with Crippen LogP contribution in [-0.2, 0) is 35.7 Å². The number of aromatic nitrogens is 2. The Hall–Kier alpha value is -5.71. The molecule has 0 fully saturated rings. The second-order valence-electron chi connectivity index (χ2n) is 18.0. The maximum absolute atomic E-state index is 12.6. The molecule has 0 spiro atoms. The molecule has 62 heavy (non-hydrogen) atoms. The Morgan fingerprint density at radius 3 is 1.92 bits per heavy atom. The highest BCUT2D eigenvalue weighted by Crippen LogP contribution is 2.37. The van der Waals surface area contributed by atoms with Gasteiger partial charge in [0.1, 0.15) is 22.8 Å². The third kappa shape index (κ3) is 14.7. The van der Waals surface area contributed by atoms with E-state index in [0.29, 0.717) is 24.4 Å².